The second kappa shape index (κ2) is 6.36. The highest BCUT2D eigenvalue weighted by Gasteiger charge is 2.60. The van der Waals surface area contributed by atoms with Gasteiger partial charge in [0, 0.05) is 43.4 Å². The van der Waals surface area contributed by atoms with Crippen LogP contribution in [0.15, 0.2) is 18.3 Å². The van der Waals surface area contributed by atoms with Crippen molar-refractivity contribution in [3.63, 3.8) is 0 Å². The number of carbonyl (C=O) groups is 1. The molecule has 0 unspecified atom stereocenters. The van der Waals surface area contributed by atoms with E-state index in [9.17, 15) is 4.79 Å². The lowest BCUT2D eigenvalue weighted by molar-refractivity contribution is -0.147. The second-order valence-corrected chi connectivity index (χ2v) is 7.59. The molecule has 0 bridgehead atoms. The average Bonchev–Trinajstić information content (AvgIpc) is 3.00. The first-order valence-electron chi connectivity index (χ1n) is 9.26. The molecule has 3 fully saturated rings. The van der Waals surface area contributed by atoms with Crippen LogP contribution < -0.4 is 5.32 Å². The highest BCUT2D eigenvalue weighted by Crippen LogP contribution is 2.55. The van der Waals surface area contributed by atoms with E-state index in [2.05, 4.69) is 23.3 Å². The number of pyridine rings is 1. The van der Waals surface area contributed by atoms with Crippen LogP contribution in [0.4, 0.5) is 4.79 Å². The van der Waals surface area contributed by atoms with Gasteiger partial charge in [0.2, 0.25) is 0 Å². The van der Waals surface area contributed by atoms with Crippen LogP contribution in [0.2, 0.25) is 0 Å². The van der Waals surface area contributed by atoms with E-state index in [4.69, 9.17) is 4.74 Å². The van der Waals surface area contributed by atoms with Gasteiger partial charge in [0.1, 0.15) is 0 Å². The van der Waals surface area contributed by atoms with Crippen molar-refractivity contribution in [1.29, 1.82) is 0 Å². The number of urea groups is 1. The molecule has 2 amide bonds. The van der Waals surface area contributed by atoms with E-state index in [-0.39, 0.29) is 12.1 Å². The molecule has 2 saturated heterocycles. The fourth-order valence-corrected chi connectivity index (χ4v) is 4.65. The minimum atomic E-state index is 0.0709. The third kappa shape index (κ3) is 2.69. The largest absolute Gasteiger partial charge is 0.376 e. The molecular formula is C19H27N3O2. The van der Waals surface area contributed by atoms with Gasteiger partial charge < -0.3 is 15.0 Å². The summed E-state index contributed by atoms with van der Waals surface area (Å²) in [7, 11) is 0. The summed E-state index contributed by atoms with van der Waals surface area (Å²) in [5.41, 5.74) is 2.61. The molecule has 2 atom stereocenters. The van der Waals surface area contributed by atoms with E-state index in [0.29, 0.717) is 18.0 Å². The van der Waals surface area contributed by atoms with Crippen molar-refractivity contribution in [2.24, 2.45) is 5.41 Å². The van der Waals surface area contributed by atoms with Crippen molar-refractivity contribution >= 4 is 6.03 Å². The van der Waals surface area contributed by atoms with Crippen LogP contribution in [0.1, 0.15) is 43.4 Å². The maximum Gasteiger partial charge on any atom is 0.317 e. The van der Waals surface area contributed by atoms with Gasteiger partial charge in [-0.25, -0.2) is 4.79 Å². The number of hydrogen-bond donors (Lipinski definition) is 1. The second-order valence-electron chi connectivity index (χ2n) is 7.59. The zero-order chi connectivity index (χ0) is 16.6. The lowest BCUT2D eigenvalue weighted by Crippen LogP contribution is -2.73. The maximum atomic E-state index is 12.6. The van der Waals surface area contributed by atoms with E-state index in [0.717, 1.165) is 38.1 Å². The molecule has 1 spiro atoms. The minimum Gasteiger partial charge on any atom is -0.376 e. The number of hydrogen-bond acceptors (Lipinski definition) is 3. The minimum absolute atomic E-state index is 0.0709. The summed E-state index contributed by atoms with van der Waals surface area (Å²) in [5.74, 6) is 0. The molecule has 1 N–H and O–H groups in total. The van der Waals surface area contributed by atoms with Crippen molar-refractivity contribution in [2.45, 2.75) is 57.6 Å². The molecule has 130 valence electrons. The highest BCUT2D eigenvalue weighted by molar-refractivity contribution is 5.76. The average molecular weight is 329 g/mol. The van der Waals surface area contributed by atoms with Crippen LogP contribution in [0.5, 0.6) is 0 Å². The van der Waals surface area contributed by atoms with E-state index < -0.39 is 0 Å². The number of likely N-dealkylation sites (tertiary alicyclic amines) is 1. The molecule has 24 heavy (non-hydrogen) atoms. The Labute approximate surface area is 143 Å². The van der Waals surface area contributed by atoms with Crippen LogP contribution in [-0.4, -0.2) is 47.8 Å². The number of ether oxygens (including phenoxy) is 1. The monoisotopic (exact) mass is 329 g/mol. The van der Waals surface area contributed by atoms with Gasteiger partial charge in [-0.1, -0.05) is 12.5 Å². The topological polar surface area (TPSA) is 54.5 Å². The van der Waals surface area contributed by atoms with Gasteiger partial charge in [0.15, 0.2) is 0 Å². The fraction of sp³-hybridized carbons (Fsp3) is 0.684. The molecular weight excluding hydrogens is 302 g/mol. The molecule has 0 radical (unpaired) electrons. The van der Waals surface area contributed by atoms with Crippen molar-refractivity contribution in [2.75, 3.05) is 19.7 Å². The number of nitrogens with zero attached hydrogens (tertiary/aromatic N) is 2. The predicted molar refractivity (Wildman–Crippen MR) is 91.8 cm³/mol. The third-order valence-corrected chi connectivity index (χ3v) is 6.13. The molecule has 1 aromatic heterocycles. The summed E-state index contributed by atoms with van der Waals surface area (Å²) in [5, 5.41) is 3.09. The van der Waals surface area contributed by atoms with Crippen molar-refractivity contribution < 1.29 is 9.53 Å². The Kier molecular flexibility index (Phi) is 4.21. The number of carbonyl (C=O) groups excluding carboxylic acids is 1. The molecule has 0 aromatic carbocycles. The van der Waals surface area contributed by atoms with E-state index in [1.165, 1.54) is 24.8 Å². The standard InChI is InChI=1S/C19H27N3O2/c1-14-5-2-10-20-15(14)7-11-21-18(23)22-13-19(8-4-9-19)17(22)16-6-3-12-24-16/h2,5,10,16-17H,3-4,6-9,11-13H2,1H3,(H,21,23)/t16-,17+/m0/s1. The van der Waals surface area contributed by atoms with Gasteiger partial charge in [0.05, 0.1) is 12.1 Å². The molecule has 2 aliphatic heterocycles. The zero-order valence-electron chi connectivity index (χ0n) is 14.5. The van der Waals surface area contributed by atoms with Crippen molar-refractivity contribution in [3.8, 4) is 0 Å². The first-order chi connectivity index (χ1) is 11.7. The SMILES string of the molecule is Cc1cccnc1CCNC(=O)N1CC2(CCC2)[C@H]1[C@@H]1CCCO1. The van der Waals surface area contributed by atoms with Crippen LogP contribution in [-0.2, 0) is 11.2 Å². The number of rotatable bonds is 4. The van der Waals surface area contributed by atoms with Crippen LogP contribution in [0, 0.1) is 12.3 Å². The lowest BCUT2D eigenvalue weighted by atomic mass is 9.56. The van der Waals surface area contributed by atoms with Gasteiger partial charge >= 0.3 is 6.03 Å². The molecule has 5 heteroatoms. The summed E-state index contributed by atoms with van der Waals surface area (Å²) in [4.78, 5) is 19.1. The quantitative estimate of drug-likeness (QED) is 0.924. The Hall–Kier alpha value is -1.62. The Bertz CT molecular complexity index is 608. The Balaban J connectivity index is 1.33. The molecule has 1 aliphatic carbocycles. The molecule has 1 saturated carbocycles. The smallest absolute Gasteiger partial charge is 0.317 e. The normalized spacial score (nSPS) is 27.6. The molecule has 4 rings (SSSR count). The third-order valence-electron chi connectivity index (χ3n) is 6.13. The maximum absolute atomic E-state index is 12.6. The number of aromatic nitrogens is 1. The van der Waals surface area contributed by atoms with Crippen LogP contribution in [0.25, 0.3) is 0 Å². The lowest BCUT2D eigenvalue weighted by Gasteiger charge is -2.63. The van der Waals surface area contributed by atoms with E-state index in [1.807, 2.05) is 17.2 Å². The van der Waals surface area contributed by atoms with Crippen LogP contribution in [0.3, 0.4) is 0 Å². The highest BCUT2D eigenvalue weighted by atomic mass is 16.5. The first-order valence-corrected chi connectivity index (χ1v) is 9.26. The summed E-state index contributed by atoms with van der Waals surface area (Å²) in [6, 6.07) is 4.38. The van der Waals surface area contributed by atoms with Gasteiger partial charge in [-0.3, -0.25) is 4.98 Å². The molecule has 3 heterocycles. The number of nitrogens with one attached hydrogen (secondary N) is 1. The fourth-order valence-electron chi connectivity index (χ4n) is 4.65. The zero-order valence-corrected chi connectivity index (χ0v) is 14.5. The Morgan fingerprint density at radius 3 is 3.00 bits per heavy atom. The van der Waals surface area contributed by atoms with Crippen LogP contribution >= 0.6 is 0 Å². The Morgan fingerprint density at radius 1 is 1.46 bits per heavy atom. The predicted octanol–water partition coefficient (Wildman–Crippen LogP) is 2.68. The summed E-state index contributed by atoms with van der Waals surface area (Å²) < 4.78 is 5.93. The van der Waals surface area contributed by atoms with E-state index >= 15 is 0 Å². The molecule has 5 nitrogen and oxygen atoms in total. The van der Waals surface area contributed by atoms with Crippen molar-refractivity contribution in [3.05, 3.63) is 29.6 Å². The first kappa shape index (κ1) is 15.9. The van der Waals surface area contributed by atoms with Gasteiger partial charge in [-0.15, -0.1) is 0 Å². The number of aryl methyl sites for hydroxylation is 1. The summed E-state index contributed by atoms with van der Waals surface area (Å²) in [6.45, 7) is 4.46. The van der Waals surface area contributed by atoms with Gasteiger partial charge in [-0.05, 0) is 44.2 Å². The molecule has 3 aliphatic rings. The van der Waals surface area contributed by atoms with Gasteiger partial charge in [-0.2, -0.15) is 0 Å². The van der Waals surface area contributed by atoms with Crippen molar-refractivity contribution in [1.82, 2.24) is 15.2 Å². The summed E-state index contributed by atoms with van der Waals surface area (Å²) in [6.07, 6.45) is 8.90. The number of amides is 2. The Morgan fingerprint density at radius 2 is 2.33 bits per heavy atom. The summed E-state index contributed by atoms with van der Waals surface area (Å²) >= 11 is 0. The molecule has 1 aromatic rings. The van der Waals surface area contributed by atoms with E-state index in [1.54, 1.807) is 0 Å². The van der Waals surface area contributed by atoms with Gasteiger partial charge in [0.25, 0.3) is 0 Å².